The molecule has 4 nitrogen and oxygen atoms in total. The van der Waals surface area contributed by atoms with Gasteiger partial charge >= 0.3 is 5.97 Å². The first-order valence-electron chi connectivity index (χ1n) is 6.08. The number of hydrogen-bond acceptors (Lipinski definition) is 4. The number of hydrogen-bond donors (Lipinski definition) is 1. The number of carboxylic acid groups (broad SMARTS) is 1. The van der Waals surface area contributed by atoms with E-state index in [-0.39, 0.29) is 11.8 Å². The fourth-order valence-corrected chi connectivity index (χ4v) is 3.05. The highest BCUT2D eigenvalue weighted by Gasteiger charge is 2.48. The normalized spacial score (nSPS) is 15.9. The molecule has 2 rings (SSSR count). The van der Waals surface area contributed by atoms with Gasteiger partial charge in [0.15, 0.2) is 0 Å². The smallest absolute Gasteiger partial charge is 0.304 e. The fourth-order valence-electron chi connectivity index (χ4n) is 2.43. The molecule has 0 radical (unpaired) electrons. The van der Waals surface area contributed by atoms with Crippen LogP contribution in [0, 0.1) is 0 Å². The van der Waals surface area contributed by atoms with Gasteiger partial charge in [-0.3, -0.25) is 4.79 Å². The summed E-state index contributed by atoms with van der Waals surface area (Å²) in [5, 5.41) is 9.09. The molecular formula is C14H18O4S. The molecule has 1 aromatic rings. The summed E-state index contributed by atoms with van der Waals surface area (Å²) >= 11 is 1.57. The maximum Gasteiger partial charge on any atom is 0.304 e. The molecule has 0 bridgehead atoms. The third-order valence-electron chi connectivity index (χ3n) is 3.60. The summed E-state index contributed by atoms with van der Waals surface area (Å²) in [6.45, 7) is 0. The van der Waals surface area contributed by atoms with Gasteiger partial charge in [-0.25, -0.2) is 0 Å². The third-order valence-corrected chi connectivity index (χ3v) is 4.35. The standard InChI is InChI=1S/C14H18O4S/c1-17-9-6-10(13(18-2)11(7-9)19-3)14(4-5-14)8-12(15)16/h6-7H,4-5,8H2,1-3H3,(H,15,16). The van der Waals surface area contributed by atoms with Crippen molar-refractivity contribution < 1.29 is 19.4 Å². The van der Waals surface area contributed by atoms with Crippen molar-refractivity contribution in [3.05, 3.63) is 17.7 Å². The van der Waals surface area contributed by atoms with Gasteiger partial charge in [0.2, 0.25) is 0 Å². The molecule has 1 aliphatic carbocycles. The van der Waals surface area contributed by atoms with Crippen LogP contribution in [0.4, 0.5) is 0 Å². The summed E-state index contributed by atoms with van der Waals surface area (Å²) in [5.41, 5.74) is 0.678. The molecule has 0 saturated heterocycles. The van der Waals surface area contributed by atoms with Crippen LogP contribution >= 0.6 is 11.8 Å². The quantitative estimate of drug-likeness (QED) is 0.813. The number of benzene rings is 1. The molecule has 1 aliphatic rings. The van der Waals surface area contributed by atoms with E-state index in [0.29, 0.717) is 0 Å². The van der Waals surface area contributed by atoms with E-state index in [9.17, 15) is 4.79 Å². The number of carbonyl (C=O) groups is 1. The van der Waals surface area contributed by atoms with Crippen molar-refractivity contribution in [3.63, 3.8) is 0 Å². The van der Waals surface area contributed by atoms with E-state index in [0.717, 1.165) is 34.8 Å². The molecule has 1 saturated carbocycles. The Morgan fingerprint density at radius 1 is 1.37 bits per heavy atom. The zero-order valence-corrected chi connectivity index (χ0v) is 12.2. The highest BCUT2D eigenvalue weighted by molar-refractivity contribution is 7.98. The second kappa shape index (κ2) is 5.33. The van der Waals surface area contributed by atoms with Crippen molar-refractivity contribution in [2.75, 3.05) is 20.5 Å². The summed E-state index contributed by atoms with van der Waals surface area (Å²) in [4.78, 5) is 12.0. The fraction of sp³-hybridized carbons (Fsp3) is 0.500. The van der Waals surface area contributed by atoms with E-state index >= 15 is 0 Å². The Kier molecular flexibility index (Phi) is 3.94. The second-order valence-electron chi connectivity index (χ2n) is 4.76. The third kappa shape index (κ3) is 2.66. The van der Waals surface area contributed by atoms with E-state index in [1.807, 2.05) is 18.4 Å². The molecule has 0 amide bonds. The van der Waals surface area contributed by atoms with Gasteiger partial charge < -0.3 is 14.6 Å². The maximum atomic E-state index is 11.1. The Morgan fingerprint density at radius 2 is 2.05 bits per heavy atom. The maximum absolute atomic E-state index is 11.1. The average Bonchev–Trinajstić information content (AvgIpc) is 3.16. The Bertz CT molecular complexity index is 494. The van der Waals surface area contributed by atoms with Crippen molar-refractivity contribution in [2.24, 2.45) is 0 Å². The highest BCUT2D eigenvalue weighted by Crippen LogP contribution is 2.56. The molecule has 0 heterocycles. The minimum Gasteiger partial charge on any atom is -0.497 e. The minimum absolute atomic E-state index is 0.143. The molecule has 1 fully saturated rings. The van der Waals surface area contributed by atoms with Crippen LogP contribution in [-0.4, -0.2) is 31.6 Å². The predicted molar refractivity (Wildman–Crippen MR) is 74.5 cm³/mol. The van der Waals surface area contributed by atoms with Gasteiger partial charge in [-0.1, -0.05) is 0 Å². The summed E-state index contributed by atoms with van der Waals surface area (Å²) in [5.74, 6) is 0.761. The first kappa shape index (κ1) is 14.1. The predicted octanol–water partition coefficient (Wildman–Crippen LogP) is 2.93. The molecule has 104 valence electrons. The van der Waals surface area contributed by atoms with Crippen LogP contribution in [0.25, 0.3) is 0 Å². The van der Waals surface area contributed by atoms with Gasteiger partial charge in [0.1, 0.15) is 11.5 Å². The van der Waals surface area contributed by atoms with Crippen LogP contribution in [-0.2, 0) is 10.2 Å². The topological polar surface area (TPSA) is 55.8 Å². The SMILES string of the molecule is COc1cc(SC)c(OC)c(C2(CC(=O)O)CC2)c1. The number of rotatable bonds is 6. The molecule has 0 aromatic heterocycles. The molecule has 0 aliphatic heterocycles. The van der Waals surface area contributed by atoms with E-state index in [2.05, 4.69) is 0 Å². The van der Waals surface area contributed by atoms with E-state index in [4.69, 9.17) is 14.6 Å². The first-order valence-corrected chi connectivity index (χ1v) is 7.31. The Hall–Kier alpha value is -1.36. The minimum atomic E-state index is -0.770. The molecule has 1 N–H and O–H groups in total. The van der Waals surface area contributed by atoms with Crippen molar-refractivity contribution >= 4 is 17.7 Å². The van der Waals surface area contributed by atoms with Crippen molar-refractivity contribution in [1.82, 2.24) is 0 Å². The number of aliphatic carboxylic acids is 1. The van der Waals surface area contributed by atoms with Gasteiger partial charge in [0, 0.05) is 11.0 Å². The van der Waals surface area contributed by atoms with Gasteiger partial charge in [-0.05, 0) is 31.2 Å². The molecule has 19 heavy (non-hydrogen) atoms. The number of thioether (sulfide) groups is 1. The molecular weight excluding hydrogens is 264 g/mol. The molecule has 0 atom stereocenters. The van der Waals surface area contributed by atoms with Crippen LogP contribution < -0.4 is 9.47 Å². The van der Waals surface area contributed by atoms with Crippen LogP contribution in [0.2, 0.25) is 0 Å². The van der Waals surface area contributed by atoms with Crippen LogP contribution in [0.1, 0.15) is 24.8 Å². The van der Waals surface area contributed by atoms with Crippen LogP contribution in [0.15, 0.2) is 17.0 Å². The van der Waals surface area contributed by atoms with Crippen LogP contribution in [0.5, 0.6) is 11.5 Å². The first-order chi connectivity index (χ1) is 9.06. The Morgan fingerprint density at radius 3 is 2.47 bits per heavy atom. The van der Waals surface area contributed by atoms with Crippen LogP contribution in [0.3, 0.4) is 0 Å². The molecule has 5 heteroatoms. The number of methoxy groups -OCH3 is 2. The lowest BCUT2D eigenvalue weighted by Crippen LogP contribution is -2.14. The Labute approximate surface area is 117 Å². The van der Waals surface area contributed by atoms with Gasteiger partial charge in [0.05, 0.1) is 25.5 Å². The van der Waals surface area contributed by atoms with E-state index in [1.54, 1.807) is 26.0 Å². The van der Waals surface area contributed by atoms with Crippen molar-refractivity contribution in [1.29, 1.82) is 0 Å². The summed E-state index contributed by atoms with van der Waals surface area (Å²) in [7, 11) is 3.24. The van der Waals surface area contributed by atoms with Crippen molar-refractivity contribution in [3.8, 4) is 11.5 Å². The zero-order chi connectivity index (χ0) is 14.0. The lowest BCUT2D eigenvalue weighted by molar-refractivity contribution is -0.137. The summed E-state index contributed by atoms with van der Waals surface area (Å²) in [6.07, 6.45) is 3.88. The Balaban J connectivity index is 2.51. The van der Waals surface area contributed by atoms with Gasteiger partial charge in [0.25, 0.3) is 0 Å². The van der Waals surface area contributed by atoms with E-state index in [1.165, 1.54) is 0 Å². The largest absolute Gasteiger partial charge is 0.497 e. The van der Waals surface area contributed by atoms with Crippen molar-refractivity contribution in [2.45, 2.75) is 29.6 Å². The lowest BCUT2D eigenvalue weighted by Gasteiger charge is -2.20. The summed E-state index contributed by atoms with van der Waals surface area (Å²) < 4.78 is 10.8. The number of carboxylic acids is 1. The average molecular weight is 282 g/mol. The monoisotopic (exact) mass is 282 g/mol. The number of ether oxygens (including phenoxy) is 2. The molecule has 1 aromatic carbocycles. The zero-order valence-electron chi connectivity index (χ0n) is 11.4. The van der Waals surface area contributed by atoms with E-state index < -0.39 is 5.97 Å². The lowest BCUT2D eigenvalue weighted by atomic mass is 9.91. The van der Waals surface area contributed by atoms with Gasteiger partial charge in [-0.15, -0.1) is 11.8 Å². The van der Waals surface area contributed by atoms with Gasteiger partial charge in [-0.2, -0.15) is 0 Å². The molecule has 0 unspecified atom stereocenters. The highest BCUT2D eigenvalue weighted by atomic mass is 32.2. The second-order valence-corrected chi connectivity index (χ2v) is 5.61. The summed E-state index contributed by atoms with van der Waals surface area (Å²) in [6, 6.07) is 3.83. The molecule has 0 spiro atoms.